The van der Waals surface area contributed by atoms with E-state index < -0.39 is 6.10 Å². The van der Waals surface area contributed by atoms with Gasteiger partial charge in [0.1, 0.15) is 11.9 Å². The van der Waals surface area contributed by atoms with E-state index in [4.69, 9.17) is 26.8 Å². The topological polar surface area (TPSA) is 66.5 Å². The first-order valence-corrected chi connectivity index (χ1v) is 9.23. The lowest BCUT2D eigenvalue weighted by molar-refractivity contribution is -0.133. The standard InChI is InChI=1S/C21H23ClN2O3/c1-14(27-13-25)16-12-24(2)21-17(22)9-10-19(20(16)21)26-11-5-7-15-6-3-4-8-18(15)23/h3-4,6,8-10,12-14H,5,7,11,23H2,1-2H3/t14-/m0/s1. The molecule has 2 N–H and O–H groups in total. The number of para-hydroxylation sites is 1. The minimum Gasteiger partial charge on any atom is -0.493 e. The highest BCUT2D eigenvalue weighted by atomic mass is 35.5. The van der Waals surface area contributed by atoms with Gasteiger partial charge in [-0.25, -0.2) is 0 Å². The number of fused-ring (bicyclic) bond motifs is 1. The van der Waals surface area contributed by atoms with Gasteiger partial charge in [-0.05, 0) is 43.5 Å². The van der Waals surface area contributed by atoms with Gasteiger partial charge in [0.25, 0.3) is 6.47 Å². The molecule has 0 fully saturated rings. The molecule has 0 radical (unpaired) electrons. The molecular formula is C21H23ClN2O3. The molecule has 5 nitrogen and oxygen atoms in total. The highest BCUT2D eigenvalue weighted by molar-refractivity contribution is 6.35. The number of halogens is 1. The molecule has 142 valence electrons. The van der Waals surface area contributed by atoms with Crippen LogP contribution in [0.5, 0.6) is 5.75 Å². The third-order valence-electron chi connectivity index (χ3n) is 4.67. The van der Waals surface area contributed by atoms with Crippen molar-refractivity contribution >= 4 is 34.7 Å². The maximum atomic E-state index is 10.8. The summed E-state index contributed by atoms with van der Waals surface area (Å²) in [6.45, 7) is 2.83. The quantitative estimate of drug-likeness (QED) is 0.347. The summed E-state index contributed by atoms with van der Waals surface area (Å²) in [7, 11) is 1.91. The van der Waals surface area contributed by atoms with Crippen LogP contribution in [0, 0.1) is 0 Å². The summed E-state index contributed by atoms with van der Waals surface area (Å²) in [5.74, 6) is 0.729. The van der Waals surface area contributed by atoms with Crippen LogP contribution in [0.4, 0.5) is 5.69 Å². The lowest BCUT2D eigenvalue weighted by Crippen LogP contribution is -2.03. The normalized spacial score (nSPS) is 12.1. The number of ether oxygens (including phenoxy) is 2. The van der Waals surface area contributed by atoms with E-state index in [0.717, 1.165) is 46.3 Å². The molecule has 0 amide bonds. The molecule has 0 aliphatic carbocycles. The number of hydrogen-bond acceptors (Lipinski definition) is 4. The second-order valence-corrected chi connectivity index (χ2v) is 6.90. The number of nitrogens with two attached hydrogens (primary N) is 1. The van der Waals surface area contributed by atoms with Crippen LogP contribution < -0.4 is 10.5 Å². The zero-order valence-electron chi connectivity index (χ0n) is 15.4. The molecule has 2 aromatic carbocycles. The Kier molecular flexibility index (Phi) is 5.91. The summed E-state index contributed by atoms with van der Waals surface area (Å²) >= 11 is 6.39. The first kappa shape index (κ1) is 19.1. The Labute approximate surface area is 163 Å². The van der Waals surface area contributed by atoms with Crippen molar-refractivity contribution < 1.29 is 14.3 Å². The number of nitrogen functional groups attached to an aromatic ring is 1. The SMILES string of the molecule is C[C@H](OC=O)c1cn(C)c2c(Cl)ccc(OCCCc3ccccc3N)c12. The number of hydrogen-bond donors (Lipinski definition) is 1. The van der Waals surface area contributed by atoms with Crippen LogP contribution >= 0.6 is 11.6 Å². The second kappa shape index (κ2) is 8.35. The fraction of sp³-hybridized carbons (Fsp3) is 0.286. The zero-order chi connectivity index (χ0) is 19.4. The number of carbonyl (C=O) groups is 1. The van der Waals surface area contributed by atoms with Crippen molar-refractivity contribution in [2.45, 2.75) is 25.9 Å². The molecule has 27 heavy (non-hydrogen) atoms. The van der Waals surface area contributed by atoms with Crippen LogP contribution in [-0.4, -0.2) is 17.6 Å². The third kappa shape index (κ3) is 4.03. The van der Waals surface area contributed by atoms with Crippen LogP contribution in [0.15, 0.2) is 42.6 Å². The predicted molar refractivity (Wildman–Crippen MR) is 108 cm³/mol. The van der Waals surface area contributed by atoms with E-state index in [1.807, 2.05) is 61.1 Å². The number of anilines is 1. The number of rotatable bonds is 8. The molecular weight excluding hydrogens is 364 g/mol. The molecule has 0 saturated carbocycles. The predicted octanol–water partition coefficient (Wildman–Crippen LogP) is 4.66. The highest BCUT2D eigenvalue weighted by Gasteiger charge is 2.19. The first-order valence-electron chi connectivity index (χ1n) is 8.85. The second-order valence-electron chi connectivity index (χ2n) is 6.49. The van der Waals surface area contributed by atoms with Crippen molar-refractivity contribution in [3.8, 4) is 5.75 Å². The Bertz CT molecular complexity index is 952. The Hall–Kier alpha value is -2.66. The number of aromatic nitrogens is 1. The summed E-state index contributed by atoms with van der Waals surface area (Å²) in [6.07, 6.45) is 3.20. The summed E-state index contributed by atoms with van der Waals surface area (Å²) in [5, 5.41) is 1.50. The third-order valence-corrected chi connectivity index (χ3v) is 4.97. The Morgan fingerprint density at radius 2 is 2.04 bits per heavy atom. The van der Waals surface area contributed by atoms with Gasteiger partial charge in [0.2, 0.25) is 0 Å². The van der Waals surface area contributed by atoms with Crippen LogP contribution in [0.1, 0.15) is 30.6 Å². The van der Waals surface area contributed by atoms with E-state index in [0.29, 0.717) is 18.1 Å². The summed E-state index contributed by atoms with van der Waals surface area (Å²) < 4.78 is 13.1. The van der Waals surface area contributed by atoms with Gasteiger partial charge in [-0.1, -0.05) is 29.8 Å². The van der Waals surface area contributed by atoms with Gasteiger partial charge in [-0.3, -0.25) is 4.79 Å². The fourth-order valence-electron chi connectivity index (χ4n) is 3.30. The van der Waals surface area contributed by atoms with Gasteiger partial charge in [0, 0.05) is 24.5 Å². The molecule has 6 heteroatoms. The molecule has 0 bridgehead atoms. The van der Waals surface area contributed by atoms with Gasteiger partial charge in [0.15, 0.2) is 0 Å². The number of aryl methyl sites for hydroxylation is 2. The Balaban J connectivity index is 1.80. The van der Waals surface area contributed by atoms with Crippen molar-refractivity contribution in [2.24, 2.45) is 7.05 Å². The van der Waals surface area contributed by atoms with Crippen LogP contribution in [0.2, 0.25) is 5.02 Å². The maximum absolute atomic E-state index is 10.8. The molecule has 0 aliphatic rings. The lowest BCUT2D eigenvalue weighted by Gasteiger charge is -2.13. The Morgan fingerprint density at radius 3 is 2.78 bits per heavy atom. The molecule has 0 saturated heterocycles. The molecule has 0 spiro atoms. The van der Waals surface area contributed by atoms with E-state index in [-0.39, 0.29) is 0 Å². The monoisotopic (exact) mass is 386 g/mol. The molecule has 3 rings (SSSR count). The summed E-state index contributed by atoms with van der Waals surface area (Å²) in [5.41, 5.74) is 9.64. The number of nitrogens with zero attached hydrogens (tertiary/aromatic N) is 1. The lowest BCUT2D eigenvalue weighted by atomic mass is 10.1. The molecule has 1 atom stereocenters. The van der Waals surface area contributed by atoms with E-state index in [2.05, 4.69) is 0 Å². The van der Waals surface area contributed by atoms with Crippen LogP contribution in [-0.2, 0) is 23.0 Å². The van der Waals surface area contributed by atoms with Crippen LogP contribution in [0.25, 0.3) is 10.9 Å². The van der Waals surface area contributed by atoms with Crippen molar-refractivity contribution in [3.05, 3.63) is 58.7 Å². The zero-order valence-corrected chi connectivity index (χ0v) is 16.2. The van der Waals surface area contributed by atoms with E-state index in [1.54, 1.807) is 0 Å². The Morgan fingerprint density at radius 1 is 1.26 bits per heavy atom. The molecule has 0 aliphatic heterocycles. The first-order chi connectivity index (χ1) is 13.0. The average molecular weight is 387 g/mol. The minimum atomic E-state index is -0.392. The maximum Gasteiger partial charge on any atom is 0.293 e. The minimum absolute atomic E-state index is 0.392. The number of carbonyl (C=O) groups excluding carboxylic acids is 1. The average Bonchev–Trinajstić information content (AvgIpc) is 3.00. The van der Waals surface area contributed by atoms with Crippen molar-refractivity contribution in [3.63, 3.8) is 0 Å². The van der Waals surface area contributed by atoms with Gasteiger partial charge in [-0.2, -0.15) is 0 Å². The van der Waals surface area contributed by atoms with E-state index >= 15 is 0 Å². The molecule has 0 unspecified atom stereocenters. The van der Waals surface area contributed by atoms with E-state index in [1.165, 1.54) is 0 Å². The fourth-order valence-corrected chi connectivity index (χ4v) is 3.59. The smallest absolute Gasteiger partial charge is 0.293 e. The van der Waals surface area contributed by atoms with Crippen LogP contribution in [0.3, 0.4) is 0 Å². The highest BCUT2D eigenvalue weighted by Crippen LogP contribution is 2.38. The largest absolute Gasteiger partial charge is 0.493 e. The molecule has 1 aromatic heterocycles. The van der Waals surface area contributed by atoms with Crippen molar-refractivity contribution in [2.75, 3.05) is 12.3 Å². The van der Waals surface area contributed by atoms with Gasteiger partial charge < -0.3 is 19.8 Å². The van der Waals surface area contributed by atoms with Gasteiger partial charge >= 0.3 is 0 Å². The molecule has 1 heterocycles. The van der Waals surface area contributed by atoms with Crippen molar-refractivity contribution in [1.82, 2.24) is 4.57 Å². The summed E-state index contributed by atoms with van der Waals surface area (Å²) in [6, 6.07) is 11.5. The molecule has 3 aromatic rings. The van der Waals surface area contributed by atoms with Gasteiger partial charge in [0.05, 0.1) is 22.5 Å². The van der Waals surface area contributed by atoms with Gasteiger partial charge in [-0.15, -0.1) is 0 Å². The number of benzene rings is 2. The summed E-state index contributed by atoms with van der Waals surface area (Å²) in [4.78, 5) is 10.8. The van der Waals surface area contributed by atoms with Crippen molar-refractivity contribution in [1.29, 1.82) is 0 Å². The van der Waals surface area contributed by atoms with E-state index in [9.17, 15) is 4.79 Å².